The molecule has 1 aliphatic rings. The second-order valence-corrected chi connectivity index (χ2v) is 4.73. The standard InChI is InChI=1S/C11H20N6O/c1-16(2)11-14-9(13-10(12)15-11)7-17(5-6-18)8-3-4-8/h8,18H,3-7H2,1-2H3,(H2,12,13,14,15). The molecule has 0 radical (unpaired) electrons. The van der Waals surface area contributed by atoms with Crippen molar-refractivity contribution in [2.45, 2.75) is 25.4 Å². The smallest absolute Gasteiger partial charge is 0.229 e. The summed E-state index contributed by atoms with van der Waals surface area (Å²) in [7, 11) is 3.73. The molecule has 1 saturated carbocycles. The topological polar surface area (TPSA) is 91.4 Å². The van der Waals surface area contributed by atoms with E-state index in [0.29, 0.717) is 30.9 Å². The second kappa shape index (κ2) is 5.45. The zero-order valence-corrected chi connectivity index (χ0v) is 10.9. The number of nitrogens with zero attached hydrogens (tertiary/aromatic N) is 5. The number of aromatic nitrogens is 3. The molecule has 0 aliphatic heterocycles. The van der Waals surface area contributed by atoms with Crippen molar-refractivity contribution in [3.8, 4) is 0 Å². The lowest BCUT2D eigenvalue weighted by Gasteiger charge is -2.20. The van der Waals surface area contributed by atoms with Crippen LogP contribution in [0.2, 0.25) is 0 Å². The predicted octanol–water partition coefficient (Wildman–Crippen LogP) is -0.523. The molecule has 1 aliphatic carbocycles. The van der Waals surface area contributed by atoms with Crippen LogP contribution in [-0.2, 0) is 6.54 Å². The summed E-state index contributed by atoms with van der Waals surface area (Å²) >= 11 is 0. The summed E-state index contributed by atoms with van der Waals surface area (Å²) in [5.41, 5.74) is 5.68. The van der Waals surface area contributed by atoms with E-state index in [-0.39, 0.29) is 12.6 Å². The Balaban J connectivity index is 2.11. The van der Waals surface area contributed by atoms with Crippen molar-refractivity contribution in [3.63, 3.8) is 0 Å². The first kappa shape index (κ1) is 13.0. The molecule has 1 aromatic heterocycles. The highest BCUT2D eigenvalue weighted by atomic mass is 16.3. The number of nitrogen functional groups attached to an aromatic ring is 1. The van der Waals surface area contributed by atoms with Gasteiger partial charge in [0.1, 0.15) is 5.82 Å². The molecule has 0 amide bonds. The van der Waals surface area contributed by atoms with Gasteiger partial charge in [-0.2, -0.15) is 15.0 Å². The van der Waals surface area contributed by atoms with Crippen LogP contribution in [0.15, 0.2) is 0 Å². The van der Waals surface area contributed by atoms with E-state index in [1.54, 1.807) is 4.90 Å². The highest BCUT2D eigenvalue weighted by Gasteiger charge is 2.29. The summed E-state index contributed by atoms with van der Waals surface area (Å²) in [5, 5.41) is 9.06. The molecule has 0 aromatic carbocycles. The summed E-state index contributed by atoms with van der Waals surface area (Å²) in [6.07, 6.45) is 2.36. The fourth-order valence-corrected chi connectivity index (χ4v) is 1.84. The molecule has 18 heavy (non-hydrogen) atoms. The van der Waals surface area contributed by atoms with Crippen molar-refractivity contribution >= 4 is 11.9 Å². The van der Waals surface area contributed by atoms with E-state index in [2.05, 4.69) is 19.9 Å². The first-order chi connectivity index (χ1) is 8.60. The Morgan fingerprint density at radius 3 is 2.56 bits per heavy atom. The summed E-state index contributed by atoms with van der Waals surface area (Å²) < 4.78 is 0. The first-order valence-electron chi connectivity index (χ1n) is 6.13. The van der Waals surface area contributed by atoms with Crippen molar-refractivity contribution in [1.82, 2.24) is 19.9 Å². The maximum Gasteiger partial charge on any atom is 0.229 e. The van der Waals surface area contributed by atoms with Crippen molar-refractivity contribution in [2.75, 3.05) is 37.9 Å². The van der Waals surface area contributed by atoms with Crippen molar-refractivity contribution in [1.29, 1.82) is 0 Å². The van der Waals surface area contributed by atoms with Crippen LogP contribution in [0.3, 0.4) is 0 Å². The number of hydrogen-bond acceptors (Lipinski definition) is 7. The van der Waals surface area contributed by atoms with E-state index in [0.717, 1.165) is 0 Å². The van der Waals surface area contributed by atoms with E-state index < -0.39 is 0 Å². The minimum Gasteiger partial charge on any atom is -0.395 e. The van der Waals surface area contributed by atoms with Gasteiger partial charge in [0.2, 0.25) is 11.9 Å². The van der Waals surface area contributed by atoms with Gasteiger partial charge in [0.15, 0.2) is 0 Å². The number of hydrogen-bond donors (Lipinski definition) is 2. The van der Waals surface area contributed by atoms with Crippen LogP contribution in [-0.4, -0.2) is 58.2 Å². The van der Waals surface area contributed by atoms with Crippen molar-refractivity contribution in [2.24, 2.45) is 0 Å². The Morgan fingerprint density at radius 1 is 1.28 bits per heavy atom. The Hall–Kier alpha value is -1.47. The molecule has 3 N–H and O–H groups in total. The summed E-state index contributed by atoms with van der Waals surface area (Å²) in [4.78, 5) is 16.6. The Bertz CT molecular complexity index is 407. The predicted molar refractivity (Wildman–Crippen MR) is 69.1 cm³/mol. The molecule has 0 unspecified atom stereocenters. The highest BCUT2D eigenvalue weighted by molar-refractivity contribution is 5.32. The maximum atomic E-state index is 9.06. The molecule has 7 heteroatoms. The van der Waals surface area contributed by atoms with Gasteiger partial charge in [-0.25, -0.2) is 0 Å². The minimum absolute atomic E-state index is 0.150. The average Bonchev–Trinajstić information content (AvgIpc) is 3.11. The summed E-state index contributed by atoms with van der Waals surface area (Å²) in [6, 6.07) is 0.554. The Kier molecular flexibility index (Phi) is 3.93. The molecule has 2 rings (SSSR count). The van der Waals surface area contributed by atoms with E-state index in [9.17, 15) is 0 Å². The van der Waals surface area contributed by atoms with Gasteiger partial charge < -0.3 is 15.7 Å². The zero-order chi connectivity index (χ0) is 13.1. The van der Waals surface area contributed by atoms with Crippen LogP contribution >= 0.6 is 0 Å². The van der Waals surface area contributed by atoms with Crippen LogP contribution in [0, 0.1) is 0 Å². The third-order valence-corrected chi connectivity index (χ3v) is 2.88. The minimum atomic E-state index is 0.150. The molecule has 0 atom stereocenters. The number of aliphatic hydroxyl groups is 1. The van der Waals surface area contributed by atoms with E-state index in [1.807, 2.05) is 14.1 Å². The third-order valence-electron chi connectivity index (χ3n) is 2.88. The van der Waals surface area contributed by atoms with Gasteiger partial charge in [0, 0.05) is 26.7 Å². The lowest BCUT2D eigenvalue weighted by Crippen LogP contribution is -2.30. The lowest BCUT2D eigenvalue weighted by molar-refractivity contribution is 0.180. The van der Waals surface area contributed by atoms with Gasteiger partial charge in [0.05, 0.1) is 13.2 Å². The van der Waals surface area contributed by atoms with Gasteiger partial charge in [0.25, 0.3) is 0 Å². The van der Waals surface area contributed by atoms with Gasteiger partial charge in [-0.3, -0.25) is 4.90 Å². The zero-order valence-electron chi connectivity index (χ0n) is 10.9. The first-order valence-corrected chi connectivity index (χ1v) is 6.13. The van der Waals surface area contributed by atoms with Crippen LogP contribution in [0.25, 0.3) is 0 Å². The van der Waals surface area contributed by atoms with E-state index in [4.69, 9.17) is 10.8 Å². The number of aliphatic hydroxyl groups excluding tert-OH is 1. The number of rotatable bonds is 6. The molecule has 0 bridgehead atoms. The second-order valence-electron chi connectivity index (χ2n) is 4.73. The van der Waals surface area contributed by atoms with Crippen molar-refractivity contribution < 1.29 is 5.11 Å². The molecular formula is C11H20N6O. The molecule has 1 aromatic rings. The monoisotopic (exact) mass is 252 g/mol. The van der Waals surface area contributed by atoms with E-state index >= 15 is 0 Å². The summed E-state index contributed by atoms with van der Waals surface area (Å²) in [6.45, 7) is 1.41. The normalized spacial score (nSPS) is 15.1. The molecular weight excluding hydrogens is 232 g/mol. The number of nitrogens with two attached hydrogens (primary N) is 1. The van der Waals surface area contributed by atoms with Crippen LogP contribution in [0.5, 0.6) is 0 Å². The molecule has 100 valence electrons. The third kappa shape index (κ3) is 3.27. The van der Waals surface area contributed by atoms with Gasteiger partial charge in [-0.1, -0.05) is 0 Å². The SMILES string of the molecule is CN(C)c1nc(N)nc(CN(CCO)C2CC2)n1. The van der Waals surface area contributed by atoms with Crippen LogP contribution in [0.4, 0.5) is 11.9 Å². The molecule has 0 spiro atoms. The number of anilines is 2. The average molecular weight is 252 g/mol. The molecule has 1 fully saturated rings. The van der Waals surface area contributed by atoms with Gasteiger partial charge >= 0.3 is 0 Å². The fraction of sp³-hybridized carbons (Fsp3) is 0.727. The quantitative estimate of drug-likeness (QED) is 0.703. The molecule has 1 heterocycles. The molecule has 0 saturated heterocycles. The Labute approximate surface area is 107 Å². The molecule has 7 nitrogen and oxygen atoms in total. The lowest BCUT2D eigenvalue weighted by atomic mass is 10.4. The van der Waals surface area contributed by atoms with Gasteiger partial charge in [-0.05, 0) is 12.8 Å². The van der Waals surface area contributed by atoms with Gasteiger partial charge in [-0.15, -0.1) is 0 Å². The Morgan fingerprint density at radius 2 is 2.00 bits per heavy atom. The highest BCUT2D eigenvalue weighted by Crippen LogP contribution is 2.27. The fourth-order valence-electron chi connectivity index (χ4n) is 1.84. The van der Waals surface area contributed by atoms with E-state index in [1.165, 1.54) is 12.8 Å². The summed E-state index contributed by atoms with van der Waals surface area (Å²) in [5.74, 6) is 1.47. The maximum absolute atomic E-state index is 9.06. The van der Waals surface area contributed by atoms with Crippen LogP contribution in [0.1, 0.15) is 18.7 Å². The van der Waals surface area contributed by atoms with Crippen LogP contribution < -0.4 is 10.6 Å². The van der Waals surface area contributed by atoms with Crippen molar-refractivity contribution in [3.05, 3.63) is 5.82 Å². The largest absolute Gasteiger partial charge is 0.395 e.